The average Bonchev–Trinajstić information content (AvgIpc) is 2.72. The number of nitrogens with one attached hydrogen (secondary N) is 1. The highest BCUT2D eigenvalue weighted by molar-refractivity contribution is 7.89. The van der Waals surface area contributed by atoms with E-state index in [9.17, 15) is 8.42 Å². The lowest BCUT2D eigenvalue weighted by Crippen LogP contribution is -2.53. The van der Waals surface area contributed by atoms with Crippen LogP contribution in [0.15, 0.2) is 29.2 Å². The number of hydrogen-bond donors (Lipinski definition) is 5. The van der Waals surface area contributed by atoms with Gasteiger partial charge in [-0.05, 0) is 31.4 Å². The van der Waals surface area contributed by atoms with Crippen molar-refractivity contribution in [2.24, 2.45) is 22.3 Å². The van der Waals surface area contributed by atoms with Gasteiger partial charge in [0.2, 0.25) is 27.9 Å². The molecule has 0 saturated carbocycles. The van der Waals surface area contributed by atoms with Gasteiger partial charge in [-0.2, -0.15) is 15.0 Å². The van der Waals surface area contributed by atoms with Crippen LogP contribution in [0.25, 0.3) is 0 Å². The highest BCUT2D eigenvalue weighted by Crippen LogP contribution is 2.26. The summed E-state index contributed by atoms with van der Waals surface area (Å²) in [5, 5.41) is 8.37. The number of anilines is 4. The maximum absolute atomic E-state index is 12.0. The molecule has 0 radical (unpaired) electrons. The van der Waals surface area contributed by atoms with E-state index in [1.807, 2.05) is 9.80 Å². The Bertz CT molecular complexity index is 1060. The number of sulfonamides is 1. The van der Waals surface area contributed by atoms with Crippen molar-refractivity contribution in [2.45, 2.75) is 42.3 Å². The molecule has 13 heteroatoms. The molecule has 4 rings (SSSR count). The summed E-state index contributed by atoms with van der Waals surface area (Å²) in [6.45, 7) is 2.51. The number of rotatable bonds is 5. The molecule has 3 heterocycles. The van der Waals surface area contributed by atoms with Crippen molar-refractivity contribution in [3.05, 3.63) is 24.3 Å². The van der Waals surface area contributed by atoms with Crippen LogP contribution < -0.4 is 37.5 Å². The molecular formula is C19H30N10O2S. The molecule has 2 saturated heterocycles. The molecule has 2 aromatic rings. The summed E-state index contributed by atoms with van der Waals surface area (Å²) in [6, 6.07) is 6.16. The Kier molecular flexibility index (Phi) is 6.44. The van der Waals surface area contributed by atoms with Crippen LogP contribution in [0.4, 0.5) is 23.5 Å². The number of benzene rings is 1. The van der Waals surface area contributed by atoms with E-state index in [2.05, 4.69) is 20.3 Å². The van der Waals surface area contributed by atoms with Gasteiger partial charge in [0.1, 0.15) is 4.90 Å². The summed E-state index contributed by atoms with van der Waals surface area (Å²) in [7, 11) is -3.94. The zero-order valence-corrected chi connectivity index (χ0v) is 18.6. The smallest absolute Gasteiger partial charge is 0.240 e. The number of piperidine rings is 2. The Morgan fingerprint density at radius 2 is 1.53 bits per heavy atom. The summed E-state index contributed by atoms with van der Waals surface area (Å²) in [4.78, 5) is 17.7. The average molecular weight is 463 g/mol. The fourth-order valence-corrected chi connectivity index (χ4v) is 4.86. The van der Waals surface area contributed by atoms with Gasteiger partial charge in [0, 0.05) is 44.3 Å². The molecule has 2 aliphatic rings. The van der Waals surface area contributed by atoms with Crippen LogP contribution in [0.5, 0.6) is 0 Å². The van der Waals surface area contributed by atoms with Gasteiger partial charge in [0.05, 0.1) is 5.69 Å². The van der Waals surface area contributed by atoms with Crippen LogP contribution in [0, 0.1) is 0 Å². The predicted octanol–water partition coefficient (Wildman–Crippen LogP) is -0.945. The second kappa shape index (κ2) is 9.11. The van der Waals surface area contributed by atoms with E-state index < -0.39 is 10.0 Å². The molecule has 9 N–H and O–H groups in total. The molecule has 32 heavy (non-hydrogen) atoms. The van der Waals surface area contributed by atoms with Crippen LogP contribution in [-0.2, 0) is 10.0 Å². The molecule has 0 amide bonds. The lowest BCUT2D eigenvalue weighted by atomic mass is 10.0. The van der Waals surface area contributed by atoms with Crippen molar-refractivity contribution in [2.75, 3.05) is 41.3 Å². The Morgan fingerprint density at radius 3 is 2.19 bits per heavy atom. The van der Waals surface area contributed by atoms with Gasteiger partial charge in [-0.25, -0.2) is 13.6 Å². The van der Waals surface area contributed by atoms with Crippen molar-refractivity contribution >= 4 is 33.6 Å². The maximum atomic E-state index is 12.0. The summed E-state index contributed by atoms with van der Waals surface area (Å²) >= 11 is 0. The zero-order valence-electron chi connectivity index (χ0n) is 17.8. The molecule has 2 aliphatic heterocycles. The zero-order chi connectivity index (χ0) is 22.9. The molecule has 174 valence electrons. The van der Waals surface area contributed by atoms with Crippen LogP contribution >= 0.6 is 0 Å². The normalized spacial score (nSPS) is 24.4. The highest BCUT2D eigenvalue weighted by atomic mass is 32.2. The third-order valence-corrected chi connectivity index (χ3v) is 6.56. The van der Waals surface area contributed by atoms with E-state index in [1.165, 1.54) is 6.07 Å². The molecule has 0 spiro atoms. The summed E-state index contributed by atoms with van der Waals surface area (Å²) in [5.41, 5.74) is 18.8. The third-order valence-electron chi connectivity index (χ3n) is 5.59. The first-order valence-electron chi connectivity index (χ1n) is 10.6. The van der Waals surface area contributed by atoms with Gasteiger partial charge in [0.25, 0.3) is 0 Å². The lowest BCUT2D eigenvalue weighted by molar-refractivity contribution is 0.446. The highest BCUT2D eigenvalue weighted by Gasteiger charge is 2.27. The van der Waals surface area contributed by atoms with Crippen molar-refractivity contribution in [3.63, 3.8) is 0 Å². The van der Waals surface area contributed by atoms with E-state index in [-0.39, 0.29) is 34.7 Å². The number of nitrogens with two attached hydrogens (primary N) is 4. The predicted molar refractivity (Wildman–Crippen MR) is 123 cm³/mol. The monoisotopic (exact) mass is 462 g/mol. The van der Waals surface area contributed by atoms with Crippen LogP contribution in [-0.4, -0.2) is 67.7 Å². The number of aromatic nitrogens is 3. The SMILES string of the molecule is N[C@@H]1CCCN(c2nc(Nc3ccccc3S(N)(=O)=O)nc(N3C[C@H](N)C[C@H](N)C3)n2)C1. The maximum Gasteiger partial charge on any atom is 0.240 e. The largest absolute Gasteiger partial charge is 0.339 e. The van der Waals surface area contributed by atoms with Gasteiger partial charge >= 0.3 is 0 Å². The summed E-state index contributed by atoms with van der Waals surface area (Å²) in [6.07, 6.45) is 2.60. The molecule has 1 aromatic carbocycles. The first-order chi connectivity index (χ1) is 15.2. The van der Waals surface area contributed by atoms with Crippen LogP contribution in [0.3, 0.4) is 0 Å². The molecule has 1 aromatic heterocycles. The number of nitrogens with zero attached hydrogens (tertiary/aromatic N) is 5. The second-order valence-electron chi connectivity index (χ2n) is 8.43. The first kappa shape index (κ1) is 22.6. The van der Waals surface area contributed by atoms with Crippen molar-refractivity contribution in [1.82, 2.24) is 15.0 Å². The van der Waals surface area contributed by atoms with Crippen LogP contribution in [0.2, 0.25) is 0 Å². The fraction of sp³-hybridized carbons (Fsp3) is 0.526. The minimum absolute atomic E-state index is 0.0281. The standard InChI is InChI=1S/C19H30N10O2S/c20-12-4-3-7-28(9-12)18-25-17(24-15-5-1-2-6-16(15)32(23,30)31)26-19(27-18)29-10-13(21)8-14(22)11-29/h1-2,5-6,12-14H,3-4,7-11,20-22H2,(H2,23,30,31)(H,24,25,26,27)/t12-,13-,14+/m1/s1. The molecule has 3 atom stereocenters. The number of para-hydroxylation sites is 1. The third kappa shape index (κ3) is 5.24. The minimum atomic E-state index is -3.94. The van der Waals surface area contributed by atoms with E-state index in [0.29, 0.717) is 31.5 Å². The molecule has 12 nitrogen and oxygen atoms in total. The van der Waals surface area contributed by atoms with E-state index >= 15 is 0 Å². The van der Waals surface area contributed by atoms with Gasteiger partial charge in [0.15, 0.2) is 0 Å². The summed E-state index contributed by atoms with van der Waals surface area (Å²) < 4.78 is 24.0. The van der Waals surface area contributed by atoms with E-state index in [4.69, 9.17) is 22.3 Å². The topological polar surface area (TPSA) is 195 Å². The van der Waals surface area contributed by atoms with Crippen molar-refractivity contribution in [1.29, 1.82) is 0 Å². The minimum Gasteiger partial charge on any atom is -0.339 e. The Balaban J connectivity index is 1.72. The molecule has 0 aliphatic carbocycles. The Hall–Kier alpha value is -2.58. The lowest BCUT2D eigenvalue weighted by Gasteiger charge is -2.35. The Labute approximate surface area is 187 Å². The van der Waals surface area contributed by atoms with Gasteiger partial charge in [-0.3, -0.25) is 0 Å². The molecular weight excluding hydrogens is 432 g/mol. The quantitative estimate of drug-likeness (QED) is 0.367. The Morgan fingerprint density at radius 1 is 0.906 bits per heavy atom. The van der Waals surface area contributed by atoms with E-state index in [1.54, 1.807) is 18.2 Å². The number of primary sulfonamides is 1. The van der Waals surface area contributed by atoms with E-state index in [0.717, 1.165) is 25.8 Å². The fourth-order valence-electron chi connectivity index (χ4n) is 4.16. The molecule has 2 fully saturated rings. The van der Waals surface area contributed by atoms with Crippen LogP contribution in [0.1, 0.15) is 19.3 Å². The van der Waals surface area contributed by atoms with Gasteiger partial charge in [-0.1, -0.05) is 12.1 Å². The molecule has 0 bridgehead atoms. The summed E-state index contributed by atoms with van der Waals surface area (Å²) in [5.74, 6) is 1.09. The first-order valence-corrected chi connectivity index (χ1v) is 12.2. The molecule has 0 unspecified atom stereocenters. The second-order valence-corrected chi connectivity index (χ2v) is 9.96. The van der Waals surface area contributed by atoms with Gasteiger partial charge < -0.3 is 32.3 Å². The van der Waals surface area contributed by atoms with Crippen molar-refractivity contribution < 1.29 is 8.42 Å². The van der Waals surface area contributed by atoms with Crippen molar-refractivity contribution in [3.8, 4) is 0 Å². The van der Waals surface area contributed by atoms with Gasteiger partial charge in [-0.15, -0.1) is 0 Å². The number of hydrogen-bond acceptors (Lipinski definition) is 11.